The lowest BCUT2D eigenvalue weighted by Crippen LogP contribution is -2.47. The van der Waals surface area contributed by atoms with Gasteiger partial charge in [0.2, 0.25) is 0 Å². The molecule has 5 N–H and O–H groups in total. The minimum atomic E-state index is -2.11. The summed E-state index contributed by atoms with van der Waals surface area (Å²) < 4.78 is 0. The molecule has 0 rings (SSSR count). The Labute approximate surface area is 79.2 Å². The summed E-state index contributed by atoms with van der Waals surface area (Å²) in [5.41, 5.74) is 0. The summed E-state index contributed by atoms with van der Waals surface area (Å²) >= 11 is 0. The number of aliphatic hydroxyl groups excluding tert-OH is 5. The molecule has 0 heterocycles. The summed E-state index contributed by atoms with van der Waals surface area (Å²) in [6.07, 6.45) is -7.94. The van der Waals surface area contributed by atoms with E-state index in [1.54, 1.807) is 0 Å². The highest BCUT2D eigenvalue weighted by molar-refractivity contribution is 5.98. The van der Waals surface area contributed by atoms with Crippen molar-refractivity contribution in [2.75, 3.05) is 6.61 Å². The van der Waals surface area contributed by atoms with Gasteiger partial charge in [-0.15, -0.1) is 0 Å². The maximum atomic E-state index is 10.9. The van der Waals surface area contributed by atoms with Crippen molar-refractivity contribution in [3.63, 3.8) is 0 Å². The molecular weight excluding hydrogens is 196 g/mol. The number of hydrogen-bond donors (Lipinski definition) is 5. The molecular formula is C7H12O7. The van der Waals surface area contributed by atoms with Gasteiger partial charge in [0.15, 0.2) is 18.2 Å². The van der Waals surface area contributed by atoms with Gasteiger partial charge >= 0.3 is 0 Å². The second-order valence-corrected chi connectivity index (χ2v) is 2.67. The molecule has 0 bridgehead atoms. The van der Waals surface area contributed by atoms with E-state index in [4.69, 9.17) is 25.5 Å². The van der Waals surface area contributed by atoms with Crippen molar-refractivity contribution in [3.05, 3.63) is 0 Å². The second-order valence-electron chi connectivity index (χ2n) is 2.67. The third-order valence-electron chi connectivity index (χ3n) is 1.62. The molecule has 7 nitrogen and oxygen atoms in total. The minimum absolute atomic E-state index is 0.121. The van der Waals surface area contributed by atoms with Crippen molar-refractivity contribution in [3.8, 4) is 0 Å². The summed E-state index contributed by atoms with van der Waals surface area (Å²) in [5, 5.41) is 43.8. The summed E-state index contributed by atoms with van der Waals surface area (Å²) in [6.45, 7) is -0.858. The average molecular weight is 208 g/mol. The monoisotopic (exact) mass is 208 g/mol. The van der Waals surface area contributed by atoms with Gasteiger partial charge in [0.1, 0.15) is 18.3 Å². The molecule has 0 amide bonds. The minimum Gasteiger partial charge on any atom is -0.394 e. The molecule has 0 fully saturated rings. The van der Waals surface area contributed by atoms with E-state index in [1.807, 2.05) is 0 Å². The molecule has 0 aliphatic heterocycles. The van der Waals surface area contributed by atoms with Crippen LogP contribution in [0.4, 0.5) is 0 Å². The first-order chi connectivity index (χ1) is 6.45. The Morgan fingerprint density at radius 3 is 2.07 bits per heavy atom. The molecule has 7 heteroatoms. The standard InChI is InChI=1S/C7H12O7/c8-1-3(10)5(12)7(14)6(13)4(11)2-9/h1,3-4,6-7,9-11,13-14H,2H2/t3?,4-,6-,7-/m1/s1. The fourth-order valence-corrected chi connectivity index (χ4v) is 0.729. The van der Waals surface area contributed by atoms with Crippen LogP contribution in [-0.4, -0.2) is 68.6 Å². The van der Waals surface area contributed by atoms with Crippen LogP contribution >= 0.6 is 0 Å². The van der Waals surface area contributed by atoms with Crippen LogP contribution in [0.25, 0.3) is 0 Å². The third kappa shape index (κ3) is 3.13. The number of Topliss-reactive ketones (excluding diaryl/α,β-unsaturated/α-hetero) is 1. The Morgan fingerprint density at radius 1 is 1.21 bits per heavy atom. The highest BCUT2D eigenvalue weighted by Crippen LogP contribution is 2.03. The Morgan fingerprint density at radius 2 is 1.71 bits per heavy atom. The van der Waals surface area contributed by atoms with Gasteiger partial charge in [-0.2, -0.15) is 0 Å². The predicted octanol–water partition coefficient (Wildman–Crippen LogP) is -3.81. The topological polar surface area (TPSA) is 135 Å². The fourth-order valence-electron chi connectivity index (χ4n) is 0.729. The van der Waals surface area contributed by atoms with Gasteiger partial charge in [-0.1, -0.05) is 0 Å². The van der Waals surface area contributed by atoms with Crippen molar-refractivity contribution >= 4 is 12.1 Å². The third-order valence-corrected chi connectivity index (χ3v) is 1.62. The van der Waals surface area contributed by atoms with E-state index in [-0.39, 0.29) is 6.29 Å². The number of ketones is 1. The Balaban J connectivity index is 4.37. The summed E-state index contributed by atoms with van der Waals surface area (Å²) in [4.78, 5) is 20.8. The molecule has 4 atom stereocenters. The van der Waals surface area contributed by atoms with Crippen LogP contribution in [0.15, 0.2) is 0 Å². The smallest absolute Gasteiger partial charge is 0.199 e. The molecule has 0 aromatic rings. The lowest BCUT2D eigenvalue weighted by molar-refractivity contribution is -0.150. The number of rotatable bonds is 6. The molecule has 0 radical (unpaired) electrons. The van der Waals surface area contributed by atoms with Gasteiger partial charge in [-0.05, 0) is 0 Å². The lowest BCUT2D eigenvalue weighted by atomic mass is 10.0. The van der Waals surface area contributed by atoms with E-state index < -0.39 is 36.8 Å². The maximum Gasteiger partial charge on any atom is 0.199 e. The normalized spacial score (nSPS) is 19.5. The van der Waals surface area contributed by atoms with Crippen LogP contribution in [0, 0.1) is 0 Å². The Bertz CT molecular complexity index is 204. The van der Waals surface area contributed by atoms with Crippen molar-refractivity contribution in [2.24, 2.45) is 0 Å². The first-order valence-corrected chi connectivity index (χ1v) is 3.77. The van der Waals surface area contributed by atoms with E-state index in [9.17, 15) is 9.59 Å². The van der Waals surface area contributed by atoms with Gasteiger partial charge in [-0.25, -0.2) is 0 Å². The SMILES string of the molecule is O=CC(O)C(=O)[C@@H](O)[C@H](O)[C@H](O)CO. The van der Waals surface area contributed by atoms with Gasteiger partial charge in [0.05, 0.1) is 6.61 Å². The first-order valence-electron chi connectivity index (χ1n) is 3.77. The van der Waals surface area contributed by atoms with E-state index in [0.717, 1.165) is 0 Å². The zero-order valence-corrected chi connectivity index (χ0v) is 7.15. The van der Waals surface area contributed by atoms with Crippen LogP contribution in [-0.2, 0) is 9.59 Å². The van der Waals surface area contributed by atoms with Gasteiger partial charge in [0.25, 0.3) is 0 Å². The van der Waals surface area contributed by atoms with Crippen LogP contribution in [0.5, 0.6) is 0 Å². The van der Waals surface area contributed by atoms with Crippen LogP contribution in [0.2, 0.25) is 0 Å². The molecule has 0 saturated carbocycles. The number of aliphatic hydroxyl groups is 5. The number of hydrogen-bond acceptors (Lipinski definition) is 7. The number of aldehydes is 1. The van der Waals surface area contributed by atoms with Gasteiger partial charge in [-0.3, -0.25) is 9.59 Å². The second kappa shape index (κ2) is 5.78. The van der Waals surface area contributed by atoms with Gasteiger partial charge < -0.3 is 25.5 Å². The van der Waals surface area contributed by atoms with Crippen molar-refractivity contribution in [1.29, 1.82) is 0 Å². The molecule has 82 valence electrons. The van der Waals surface area contributed by atoms with Crippen molar-refractivity contribution in [2.45, 2.75) is 24.4 Å². The van der Waals surface area contributed by atoms with E-state index in [1.165, 1.54) is 0 Å². The lowest BCUT2D eigenvalue weighted by Gasteiger charge is -2.20. The summed E-state index contributed by atoms with van der Waals surface area (Å²) in [5.74, 6) is -1.33. The van der Waals surface area contributed by atoms with E-state index >= 15 is 0 Å². The van der Waals surface area contributed by atoms with E-state index in [2.05, 4.69) is 0 Å². The van der Waals surface area contributed by atoms with Crippen LogP contribution in [0.3, 0.4) is 0 Å². The fraction of sp³-hybridized carbons (Fsp3) is 0.714. The highest BCUT2D eigenvalue weighted by atomic mass is 16.4. The zero-order chi connectivity index (χ0) is 11.3. The van der Waals surface area contributed by atoms with Crippen molar-refractivity contribution < 1.29 is 35.1 Å². The molecule has 0 saturated heterocycles. The molecule has 1 unspecified atom stereocenters. The summed E-state index contributed by atoms with van der Waals surface area (Å²) in [7, 11) is 0. The Hall–Kier alpha value is -0.860. The molecule has 0 spiro atoms. The predicted molar refractivity (Wildman–Crippen MR) is 42.2 cm³/mol. The van der Waals surface area contributed by atoms with Crippen LogP contribution in [0.1, 0.15) is 0 Å². The summed E-state index contributed by atoms with van der Waals surface area (Å²) in [6, 6.07) is 0. The number of carbonyl (C=O) groups excluding carboxylic acids is 2. The molecule has 0 aromatic heterocycles. The number of carbonyl (C=O) groups is 2. The quantitative estimate of drug-likeness (QED) is 0.223. The van der Waals surface area contributed by atoms with Crippen molar-refractivity contribution in [1.82, 2.24) is 0 Å². The average Bonchev–Trinajstić information content (AvgIpc) is 2.23. The highest BCUT2D eigenvalue weighted by Gasteiger charge is 2.33. The van der Waals surface area contributed by atoms with Gasteiger partial charge in [0, 0.05) is 0 Å². The molecule has 0 aliphatic rings. The zero-order valence-electron chi connectivity index (χ0n) is 7.15. The van der Waals surface area contributed by atoms with Crippen LogP contribution < -0.4 is 0 Å². The Kier molecular flexibility index (Phi) is 5.43. The maximum absolute atomic E-state index is 10.9. The molecule has 14 heavy (non-hydrogen) atoms. The largest absolute Gasteiger partial charge is 0.394 e. The molecule has 0 aliphatic carbocycles. The van der Waals surface area contributed by atoms with E-state index in [0.29, 0.717) is 0 Å². The molecule has 0 aromatic carbocycles. The first kappa shape index (κ1) is 13.1.